The van der Waals surface area contributed by atoms with Gasteiger partial charge in [-0.3, -0.25) is 4.79 Å². The van der Waals surface area contributed by atoms with Crippen LogP contribution in [0.25, 0.3) is 0 Å². The Bertz CT molecular complexity index is 799. The minimum absolute atomic E-state index is 0.172. The molecule has 0 radical (unpaired) electrons. The zero-order valence-electron chi connectivity index (χ0n) is 13.2. The molecule has 1 N–H and O–H groups in total. The van der Waals surface area contributed by atoms with Gasteiger partial charge in [-0.05, 0) is 50.3 Å². The fraction of sp³-hybridized carbons (Fsp3) is 0.353. The van der Waals surface area contributed by atoms with E-state index in [0.717, 1.165) is 29.0 Å². The van der Waals surface area contributed by atoms with Gasteiger partial charge in [-0.15, -0.1) is 11.3 Å². The maximum absolute atomic E-state index is 12.2. The number of carbonyl (C=O) groups is 1. The van der Waals surface area contributed by atoms with Crippen molar-refractivity contribution in [1.82, 2.24) is 9.99 Å². The van der Waals surface area contributed by atoms with E-state index in [-0.39, 0.29) is 5.91 Å². The first-order valence-corrected chi connectivity index (χ1v) is 8.43. The number of hydrazone groups is 1. The number of aryl methyl sites for hydroxylation is 2. The molecule has 0 unspecified atom stereocenters. The Morgan fingerprint density at radius 1 is 1.43 bits per heavy atom. The second-order valence-electron chi connectivity index (χ2n) is 5.71. The molecule has 2 aromatic heterocycles. The number of carbonyl (C=O) groups excluding carboxylic acids is 1. The van der Waals surface area contributed by atoms with Gasteiger partial charge in [0.05, 0.1) is 11.1 Å². The van der Waals surface area contributed by atoms with Gasteiger partial charge in [0.25, 0.3) is 5.91 Å². The summed E-state index contributed by atoms with van der Waals surface area (Å²) < 4.78 is 1.80. The zero-order valence-corrected chi connectivity index (χ0v) is 14.0. The van der Waals surface area contributed by atoms with Crippen LogP contribution >= 0.6 is 11.3 Å². The Balaban J connectivity index is 1.69. The predicted octanol–water partition coefficient (Wildman–Crippen LogP) is 2.91. The van der Waals surface area contributed by atoms with Crippen molar-refractivity contribution in [1.29, 1.82) is 5.26 Å². The lowest BCUT2D eigenvalue weighted by molar-refractivity contribution is 0.0959. The van der Waals surface area contributed by atoms with E-state index in [2.05, 4.69) is 16.6 Å². The van der Waals surface area contributed by atoms with Crippen molar-refractivity contribution >= 4 is 23.5 Å². The fourth-order valence-corrected chi connectivity index (χ4v) is 3.92. The molecule has 2 heterocycles. The normalized spacial score (nSPS) is 13.8. The number of nitriles is 1. The summed E-state index contributed by atoms with van der Waals surface area (Å²) >= 11 is 1.57. The van der Waals surface area contributed by atoms with E-state index in [0.29, 0.717) is 5.69 Å². The van der Waals surface area contributed by atoms with Gasteiger partial charge in [0.1, 0.15) is 11.8 Å². The van der Waals surface area contributed by atoms with E-state index in [1.165, 1.54) is 23.3 Å². The summed E-state index contributed by atoms with van der Waals surface area (Å²) in [5, 5.41) is 13.0. The third kappa shape index (κ3) is 3.06. The van der Waals surface area contributed by atoms with Gasteiger partial charge >= 0.3 is 0 Å². The van der Waals surface area contributed by atoms with Gasteiger partial charge in [0, 0.05) is 23.2 Å². The van der Waals surface area contributed by atoms with Crippen LogP contribution in [0.2, 0.25) is 0 Å². The van der Waals surface area contributed by atoms with Crippen molar-refractivity contribution in [2.24, 2.45) is 12.1 Å². The van der Waals surface area contributed by atoms with Gasteiger partial charge in [-0.1, -0.05) is 0 Å². The first-order valence-electron chi connectivity index (χ1n) is 7.61. The standard InChI is InChI=1S/C17H18N4OS/c1-11-13(7-14(9-18)21(11)2)10-19-20-17(22)16-8-12-5-3-4-6-15(12)23-16/h7-8,10H,3-6H2,1-2H3,(H,20,22)/b19-10+. The second-order valence-corrected chi connectivity index (χ2v) is 6.84. The van der Waals surface area contributed by atoms with Gasteiger partial charge in [0.2, 0.25) is 0 Å². The highest BCUT2D eigenvalue weighted by molar-refractivity contribution is 7.14. The molecule has 1 aliphatic carbocycles. The summed E-state index contributed by atoms with van der Waals surface area (Å²) in [6.07, 6.45) is 6.15. The maximum atomic E-state index is 12.2. The maximum Gasteiger partial charge on any atom is 0.281 e. The van der Waals surface area contributed by atoms with Gasteiger partial charge in [-0.2, -0.15) is 10.4 Å². The van der Waals surface area contributed by atoms with E-state index in [1.807, 2.05) is 20.0 Å². The number of fused-ring (bicyclic) bond motifs is 1. The molecule has 0 aromatic carbocycles. The molecule has 0 aliphatic heterocycles. The van der Waals surface area contributed by atoms with Gasteiger partial charge < -0.3 is 4.57 Å². The lowest BCUT2D eigenvalue weighted by Gasteiger charge is -2.08. The van der Waals surface area contributed by atoms with Crippen molar-refractivity contribution in [3.05, 3.63) is 44.4 Å². The molecular weight excluding hydrogens is 308 g/mol. The number of hydrogen-bond donors (Lipinski definition) is 1. The summed E-state index contributed by atoms with van der Waals surface area (Å²) in [7, 11) is 1.83. The van der Waals surface area contributed by atoms with E-state index in [4.69, 9.17) is 5.26 Å². The summed E-state index contributed by atoms with van der Waals surface area (Å²) in [4.78, 5) is 14.2. The number of nitrogens with zero attached hydrogens (tertiary/aromatic N) is 3. The van der Waals surface area contributed by atoms with Crippen molar-refractivity contribution in [2.75, 3.05) is 0 Å². The third-order valence-corrected chi connectivity index (χ3v) is 5.51. The smallest absolute Gasteiger partial charge is 0.281 e. The molecular formula is C17H18N4OS. The van der Waals surface area contributed by atoms with Crippen molar-refractivity contribution < 1.29 is 4.79 Å². The zero-order chi connectivity index (χ0) is 16.4. The molecule has 118 valence electrons. The Morgan fingerprint density at radius 2 is 2.22 bits per heavy atom. The van der Waals surface area contributed by atoms with Crippen LogP contribution in [-0.2, 0) is 19.9 Å². The molecule has 2 aromatic rings. The van der Waals surface area contributed by atoms with Crippen LogP contribution in [0.5, 0.6) is 0 Å². The van der Waals surface area contributed by atoms with Crippen LogP contribution in [0.15, 0.2) is 17.2 Å². The van der Waals surface area contributed by atoms with Gasteiger partial charge in [-0.25, -0.2) is 5.43 Å². The molecule has 0 spiro atoms. The molecule has 3 rings (SSSR count). The molecule has 0 atom stereocenters. The number of nitrogens with one attached hydrogen (secondary N) is 1. The molecule has 0 fully saturated rings. The minimum Gasteiger partial charge on any atom is -0.339 e. The molecule has 1 amide bonds. The van der Waals surface area contributed by atoms with Crippen LogP contribution in [0, 0.1) is 18.3 Å². The SMILES string of the molecule is Cc1c(/C=N/NC(=O)c2cc3c(s2)CCCC3)cc(C#N)n1C. The molecule has 0 bridgehead atoms. The van der Waals surface area contributed by atoms with Crippen LogP contribution in [0.3, 0.4) is 0 Å². The Morgan fingerprint density at radius 3 is 2.91 bits per heavy atom. The summed E-state index contributed by atoms with van der Waals surface area (Å²) in [5.74, 6) is -0.172. The van der Waals surface area contributed by atoms with Crippen molar-refractivity contribution in [3.63, 3.8) is 0 Å². The van der Waals surface area contributed by atoms with Crippen LogP contribution in [-0.4, -0.2) is 16.7 Å². The number of thiophene rings is 1. The molecule has 23 heavy (non-hydrogen) atoms. The highest BCUT2D eigenvalue weighted by atomic mass is 32.1. The highest BCUT2D eigenvalue weighted by Gasteiger charge is 2.16. The Hall–Kier alpha value is -2.39. The first-order chi connectivity index (χ1) is 11.1. The number of rotatable bonds is 3. The molecule has 6 heteroatoms. The number of hydrogen-bond acceptors (Lipinski definition) is 4. The van der Waals surface area contributed by atoms with E-state index in [1.54, 1.807) is 28.2 Å². The quantitative estimate of drug-likeness (QED) is 0.696. The third-order valence-electron chi connectivity index (χ3n) is 4.28. The largest absolute Gasteiger partial charge is 0.339 e. The Kier molecular flexibility index (Phi) is 4.30. The number of aromatic nitrogens is 1. The van der Waals surface area contributed by atoms with Crippen LogP contribution in [0.4, 0.5) is 0 Å². The van der Waals surface area contributed by atoms with Crippen LogP contribution < -0.4 is 5.43 Å². The molecule has 5 nitrogen and oxygen atoms in total. The predicted molar refractivity (Wildman–Crippen MR) is 90.9 cm³/mol. The van der Waals surface area contributed by atoms with Crippen molar-refractivity contribution in [2.45, 2.75) is 32.6 Å². The fourth-order valence-electron chi connectivity index (χ4n) is 2.78. The summed E-state index contributed by atoms with van der Waals surface area (Å²) in [6, 6.07) is 5.88. The highest BCUT2D eigenvalue weighted by Crippen LogP contribution is 2.29. The minimum atomic E-state index is -0.172. The second kappa shape index (κ2) is 6.39. The average molecular weight is 326 g/mol. The van der Waals surface area contributed by atoms with Crippen LogP contribution in [0.1, 0.15) is 49.9 Å². The summed E-state index contributed by atoms with van der Waals surface area (Å²) in [5.41, 5.74) is 6.23. The lowest BCUT2D eigenvalue weighted by Crippen LogP contribution is -2.16. The lowest BCUT2D eigenvalue weighted by atomic mass is 9.99. The Labute approximate surface area is 139 Å². The van der Waals surface area contributed by atoms with E-state index >= 15 is 0 Å². The number of amides is 1. The average Bonchev–Trinajstić information content (AvgIpc) is 3.11. The van der Waals surface area contributed by atoms with Gasteiger partial charge in [0.15, 0.2) is 0 Å². The topological polar surface area (TPSA) is 70.2 Å². The van der Waals surface area contributed by atoms with Crippen molar-refractivity contribution in [3.8, 4) is 6.07 Å². The monoisotopic (exact) mass is 326 g/mol. The molecule has 1 aliphatic rings. The van der Waals surface area contributed by atoms with E-state index in [9.17, 15) is 4.79 Å². The molecule has 0 saturated carbocycles. The first kappa shape index (κ1) is 15.5. The van der Waals surface area contributed by atoms with E-state index < -0.39 is 0 Å². The molecule has 0 saturated heterocycles. The summed E-state index contributed by atoms with van der Waals surface area (Å²) in [6.45, 7) is 1.91.